The van der Waals surface area contributed by atoms with Crippen LogP contribution in [-0.2, 0) is 4.79 Å². The fourth-order valence-corrected chi connectivity index (χ4v) is 3.59. The Labute approximate surface area is 92.9 Å². The third-order valence-electron chi connectivity index (χ3n) is 4.85. The van der Waals surface area contributed by atoms with Crippen molar-refractivity contribution in [1.29, 1.82) is 0 Å². The van der Waals surface area contributed by atoms with Crippen molar-refractivity contribution >= 4 is 5.78 Å². The number of Topliss-reactive ketones (excluding diaryl/α,β-unsaturated/α-hetero) is 1. The van der Waals surface area contributed by atoms with Gasteiger partial charge in [-0.1, -0.05) is 19.1 Å². The quantitative estimate of drug-likeness (QED) is 0.597. The molecule has 0 bridgehead atoms. The van der Waals surface area contributed by atoms with E-state index < -0.39 is 0 Å². The van der Waals surface area contributed by atoms with Gasteiger partial charge < -0.3 is 0 Å². The van der Waals surface area contributed by atoms with E-state index in [1.165, 1.54) is 31.3 Å². The molecule has 0 spiro atoms. The highest BCUT2D eigenvalue weighted by Crippen LogP contribution is 2.54. The molecular weight excluding hydrogens is 184 g/mol. The molecule has 0 unspecified atom stereocenters. The van der Waals surface area contributed by atoms with Crippen LogP contribution in [-0.4, -0.2) is 5.78 Å². The van der Waals surface area contributed by atoms with Crippen molar-refractivity contribution in [3.8, 4) is 0 Å². The summed E-state index contributed by atoms with van der Waals surface area (Å²) < 4.78 is 0. The first-order valence-corrected chi connectivity index (χ1v) is 6.23. The van der Waals surface area contributed by atoms with Crippen LogP contribution >= 0.6 is 0 Å². The van der Waals surface area contributed by atoms with E-state index in [0.29, 0.717) is 11.7 Å². The molecule has 2 rings (SSSR count). The van der Waals surface area contributed by atoms with Gasteiger partial charge in [-0.25, -0.2) is 0 Å². The normalized spacial score (nSPS) is 41.1. The molecule has 1 nitrogen and oxygen atoms in total. The summed E-state index contributed by atoms with van der Waals surface area (Å²) in [5.41, 5.74) is 1.68. The van der Waals surface area contributed by atoms with Crippen LogP contribution in [0.25, 0.3) is 0 Å². The first-order valence-electron chi connectivity index (χ1n) is 6.23. The lowest BCUT2D eigenvalue weighted by Gasteiger charge is -2.49. The Morgan fingerprint density at radius 2 is 2.13 bits per heavy atom. The summed E-state index contributed by atoms with van der Waals surface area (Å²) in [7, 11) is 0. The maximum atomic E-state index is 11.5. The highest BCUT2D eigenvalue weighted by Gasteiger charge is 2.44. The zero-order valence-corrected chi connectivity index (χ0v) is 10.0. The van der Waals surface area contributed by atoms with E-state index in [9.17, 15) is 4.79 Å². The Kier molecular flexibility index (Phi) is 2.74. The minimum absolute atomic E-state index is 0.271. The zero-order valence-electron chi connectivity index (χ0n) is 10.0. The molecule has 0 heterocycles. The lowest BCUT2D eigenvalue weighted by molar-refractivity contribution is -0.123. The maximum absolute atomic E-state index is 11.5. The SMILES string of the molecule is C=C1CCC[C@@H]2CC[C@@H](C(C)=O)C[C@]12C. The maximum Gasteiger partial charge on any atom is 0.132 e. The van der Waals surface area contributed by atoms with Gasteiger partial charge in [0.2, 0.25) is 0 Å². The van der Waals surface area contributed by atoms with Crippen molar-refractivity contribution < 1.29 is 4.79 Å². The first kappa shape index (κ1) is 10.9. The number of carbonyl (C=O) groups is 1. The van der Waals surface area contributed by atoms with Crippen molar-refractivity contribution in [1.82, 2.24) is 0 Å². The number of carbonyl (C=O) groups excluding carboxylic acids is 1. The van der Waals surface area contributed by atoms with Crippen LogP contribution in [0.5, 0.6) is 0 Å². The Bertz CT molecular complexity index is 292. The molecule has 0 aliphatic heterocycles. The lowest BCUT2D eigenvalue weighted by atomic mass is 9.56. The zero-order chi connectivity index (χ0) is 11.1. The second kappa shape index (κ2) is 3.77. The summed E-state index contributed by atoms with van der Waals surface area (Å²) in [6.45, 7) is 8.34. The van der Waals surface area contributed by atoms with E-state index in [0.717, 1.165) is 18.8 Å². The second-order valence-electron chi connectivity index (χ2n) is 5.70. The molecule has 84 valence electrons. The van der Waals surface area contributed by atoms with Crippen LogP contribution in [0.2, 0.25) is 0 Å². The highest BCUT2D eigenvalue weighted by atomic mass is 16.1. The van der Waals surface area contributed by atoms with Crippen molar-refractivity contribution in [2.24, 2.45) is 17.3 Å². The van der Waals surface area contributed by atoms with Crippen molar-refractivity contribution in [2.45, 2.75) is 52.4 Å². The van der Waals surface area contributed by atoms with Gasteiger partial charge in [-0.3, -0.25) is 4.79 Å². The number of ketones is 1. The summed E-state index contributed by atoms with van der Waals surface area (Å²) in [5, 5.41) is 0. The Hall–Kier alpha value is -0.590. The van der Waals surface area contributed by atoms with E-state index in [4.69, 9.17) is 0 Å². The molecule has 0 aromatic rings. The topological polar surface area (TPSA) is 17.1 Å². The molecule has 2 fully saturated rings. The van der Waals surface area contributed by atoms with Crippen LogP contribution in [0.1, 0.15) is 52.4 Å². The molecule has 0 amide bonds. The summed E-state index contributed by atoms with van der Waals surface area (Å²) >= 11 is 0. The van der Waals surface area contributed by atoms with E-state index >= 15 is 0 Å². The molecule has 0 radical (unpaired) electrons. The number of hydrogen-bond donors (Lipinski definition) is 0. The Balaban J connectivity index is 2.19. The molecule has 2 aliphatic carbocycles. The Morgan fingerprint density at radius 1 is 1.40 bits per heavy atom. The van der Waals surface area contributed by atoms with E-state index in [-0.39, 0.29) is 5.41 Å². The van der Waals surface area contributed by atoms with E-state index in [1.807, 2.05) is 0 Å². The van der Waals surface area contributed by atoms with Crippen LogP contribution < -0.4 is 0 Å². The van der Waals surface area contributed by atoms with Gasteiger partial charge in [0.05, 0.1) is 0 Å². The molecule has 3 atom stereocenters. The van der Waals surface area contributed by atoms with Crippen LogP contribution in [0.4, 0.5) is 0 Å². The largest absolute Gasteiger partial charge is 0.300 e. The number of rotatable bonds is 1. The number of hydrogen-bond acceptors (Lipinski definition) is 1. The molecule has 2 aliphatic rings. The summed E-state index contributed by atoms with van der Waals surface area (Å²) in [6, 6.07) is 0. The average molecular weight is 206 g/mol. The molecule has 0 saturated heterocycles. The molecule has 0 aromatic heterocycles. The van der Waals surface area contributed by atoms with Gasteiger partial charge in [0, 0.05) is 5.92 Å². The minimum atomic E-state index is 0.271. The summed E-state index contributed by atoms with van der Waals surface area (Å²) in [6.07, 6.45) is 7.25. The van der Waals surface area contributed by atoms with Gasteiger partial charge in [-0.05, 0) is 56.8 Å². The monoisotopic (exact) mass is 206 g/mol. The van der Waals surface area contributed by atoms with Gasteiger partial charge >= 0.3 is 0 Å². The molecular formula is C14H22O. The standard InChI is InChI=1S/C14H22O/c1-10-5-4-6-13-8-7-12(11(2)15)9-14(10,13)3/h12-13H,1,4-9H2,2-3H3/t12-,13-,14-/m1/s1. The highest BCUT2D eigenvalue weighted by molar-refractivity contribution is 5.78. The second-order valence-corrected chi connectivity index (χ2v) is 5.70. The predicted molar refractivity (Wildman–Crippen MR) is 62.6 cm³/mol. The minimum Gasteiger partial charge on any atom is -0.300 e. The first-order chi connectivity index (χ1) is 7.04. The Morgan fingerprint density at radius 3 is 2.80 bits per heavy atom. The summed E-state index contributed by atoms with van der Waals surface area (Å²) in [5.74, 6) is 1.49. The molecule has 0 aromatic carbocycles. The van der Waals surface area contributed by atoms with Crippen molar-refractivity contribution in [2.75, 3.05) is 0 Å². The summed E-state index contributed by atoms with van der Waals surface area (Å²) in [4.78, 5) is 11.5. The predicted octanol–water partition coefficient (Wildman–Crippen LogP) is 3.74. The van der Waals surface area contributed by atoms with E-state index in [2.05, 4.69) is 13.5 Å². The van der Waals surface area contributed by atoms with Crippen LogP contribution in [0.3, 0.4) is 0 Å². The molecule has 2 saturated carbocycles. The number of fused-ring (bicyclic) bond motifs is 1. The molecule has 0 N–H and O–H groups in total. The smallest absolute Gasteiger partial charge is 0.132 e. The van der Waals surface area contributed by atoms with E-state index in [1.54, 1.807) is 6.92 Å². The molecule has 15 heavy (non-hydrogen) atoms. The fraction of sp³-hybridized carbons (Fsp3) is 0.786. The van der Waals surface area contributed by atoms with Gasteiger partial charge in [0.15, 0.2) is 0 Å². The third kappa shape index (κ3) is 1.77. The lowest BCUT2D eigenvalue weighted by Crippen LogP contribution is -2.40. The van der Waals surface area contributed by atoms with Gasteiger partial charge in [0.25, 0.3) is 0 Å². The van der Waals surface area contributed by atoms with Gasteiger partial charge in [-0.15, -0.1) is 0 Å². The number of allylic oxidation sites excluding steroid dienone is 1. The van der Waals surface area contributed by atoms with Gasteiger partial charge in [0.1, 0.15) is 5.78 Å². The van der Waals surface area contributed by atoms with Crippen molar-refractivity contribution in [3.05, 3.63) is 12.2 Å². The van der Waals surface area contributed by atoms with Crippen molar-refractivity contribution in [3.63, 3.8) is 0 Å². The third-order valence-corrected chi connectivity index (χ3v) is 4.85. The van der Waals surface area contributed by atoms with Crippen LogP contribution in [0.15, 0.2) is 12.2 Å². The fourth-order valence-electron chi connectivity index (χ4n) is 3.59. The average Bonchev–Trinajstić information content (AvgIpc) is 2.19. The van der Waals surface area contributed by atoms with Gasteiger partial charge in [-0.2, -0.15) is 0 Å². The van der Waals surface area contributed by atoms with Crippen LogP contribution in [0, 0.1) is 17.3 Å². The molecule has 1 heteroatoms.